The summed E-state index contributed by atoms with van der Waals surface area (Å²) in [6, 6.07) is 31.2. The van der Waals surface area contributed by atoms with Crippen LogP contribution in [0.2, 0.25) is 5.02 Å². The van der Waals surface area contributed by atoms with E-state index in [-0.39, 0.29) is 5.02 Å². The van der Waals surface area contributed by atoms with Crippen molar-refractivity contribution in [2.75, 3.05) is 5.32 Å². The molecule has 0 aliphatic carbocycles. The van der Waals surface area contributed by atoms with Gasteiger partial charge < -0.3 is 10.6 Å². The number of aryl methyl sites for hydroxylation is 1. The van der Waals surface area contributed by atoms with E-state index in [1.165, 1.54) is 23.8 Å². The first-order valence-corrected chi connectivity index (χ1v) is 14.1. The van der Waals surface area contributed by atoms with Crippen LogP contribution in [0, 0.1) is 12.7 Å². The van der Waals surface area contributed by atoms with Crippen molar-refractivity contribution in [2.24, 2.45) is 0 Å². The van der Waals surface area contributed by atoms with Crippen LogP contribution in [0.15, 0.2) is 108 Å². The SMILES string of the molecule is Cc1ccc(-n2c(SCc3ccccc3)nnc2[C@H](Cc2ccccc2)NC(=O)Nc2ccc(F)c(Cl)c2)cc1. The van der Waals surface area contributed by atoms with Gasteiger partial charge in [-0.15, -0.1) is 10.2 Å². The molecule has 9 heteroatoms. The van der Waals surface area contributed by atoms with Crippen LogP contribution in [0.4, 0.5) is 14.9 Å². The third-order valence-electron chi connectivity index (χ3n) is 6.24. The molecule has 6 nitrogen and oxygen atoms in total. The third-order valence-corrected chi connectivity index (χ3v) is 7.53. The fraction of sp³-hybridized carbons (Fsp3) is 0.129. The molecule has 4 aromatic carbocycles. The first-order valence-electron chi connectivity index (χ1n) is 12.7. The number of thioether (sulfide) groups is 1. The van der Waals surface area contributed by atoms with Gasteiger partial charge in [0.2, 0.25) is 0 Å². The molecule has 0 bridgehead atoms. The summed E-state index contributed by atoms with van der Waals surface area (Å²) in [6.45, 7) is 2.04. The van der Waals surface area contributed by atoms with E-state index in [0.29, 0.717) is 28.8 Å². The van der Waals surface area contributed by atoms with Crippen molar-refractivity contribution in [1.29, 1.82) is 0 Å². The van der Waals surface area contributed by atoms with E-state index < -0.39 is 17.9 Å². The molecule has 1 atom stereocenters. The second-order valence-corrected chi connectivity index (χ2v) is 10.6. The van der Waals surface area contributed by atoms with Crippen LogP contribution in [0.25, 0.3) is 5.69 Å². The quantitative estimate of drug-likeness (QED) is 0.177. The fourth-order valence-electron chi connectivity index (χ4n) is 4.22. The summed E-state index contributed by atoms with van der Waals surface area (Å²) in [5, 5.41) is 15.6. The average Bonchev–Trinajstić information content (AvgIpc) is 3.39. The molecule has 0 aliphatic heterocycles. The van der Waals surface area contributed by atoms with Crippen molar-refractivity contribution in [1.82, 2.24) is 20.1 Å². The number of urea groups is 1. The monoisotopic (exact) mass is 571 g/mol. The van der Waals surface area contributed by atoms with E-state index >= 15 is 0 Å². The number of hydrogen-bond acceptors (Lipinski definition) is 4. The molecule has 0 spiro atoms. The highest BCUT2D eigenvalue weighted by Crippen LogP contribution is 2.29. The van der Waals surface area contributed by atoms with Gasteiger partial charge in [-0.3, -0.25) is 4.57 Å². The Kier molecular flexibility index (Phi) is 8.78. The van der Waals surface area contributed by atoms with Crippen molar-refractivity contribution < 1.29 is 9.18 Å². The van der Waals surface area contributed by atoms with E-state index in [9.17, 15) is 9.18 Å². The minimum atomic E-state index is -0.554. The molecular weight excluding hydrogens is 545 g/mol. The smallest absolute Gasteiger partial charge is 0.319 e. The lowest BCUT2D eigenvalue weighted by Crippen LogP contribution is -2.35. The fourth-order valence-corrected chi connectivity index (χ4v) is 5.31. The van der Waals surface area contributed by atoms with Gasteiger partial charge in [0, 0.05) is 23.5 Å². The molecule has 2 amide bonds. The van der Waals surface area contributed by atoms with Crippen molar-refractivity contribution in [3.63, 3.8) is 0 Å². The van der Waals surface area contributed by atoms with E-state index in [0.717, 1.165) is 16.8 Å². The standard InChI is InChI=1S/C31H27ClFN5OS/c1-21-12-15-25(16-13-21)38-29(36-37-31(38)40-20-23-10-6-3-7-11-23)28(18-22-8-4-2-5-9-22)35-30(39)34-24-14-17-27(33)26(32)19-24/h2-17,19,28H,18,20H2,1H3,(H2,34,35,39)/t28-/m0/s1. The summed E-state index contributed by atoms with van der Waals surface area (Å²) in [6.07, 6.45) is 0.478. The molecule has 0 saturated carbocycles. The van der Waals surface area contributed by atoms with Crippen LogP contribution in [0.5, 0.6) is 0 Å². The van der Waals surface area contributed by atoms with Crippen LogP contribution < -0.4 is 10.6 Å². The van der Waals surface area contributed by atoms with Gasteiger partial charge in [0.25, 0.3) is 0 Å². The molecule has 0 saturated heterocycles. The Labute approximate surface area is 241 Å². The molecule has 1 heterocycles. The molecule has 40 heavy (non-hydrogen) atoms. The van der Waals surface area contributed by atoms with Crippen LogP contribution in [-0.2, 0) is 12.2 Å². The van der Waals surface area contributed by atoms with Gasteiger partial charge in [0.1, 0.15) is 5.82 Å². The van der Waals surface area contributed by atoms with Crippen LogP contribution in [0.3, 0.4) is 0 Å². The molecule has 2 N–H and O–H groups in total. The van der Waals surface area contributed by atoms with Gasteiger partial charge in [-0.25, -0.2) is 9.18 Å². The maximum Gasteiger partial charge on any atom is 0.319 e. The Bertz CT molecular complexity index is 1580. The van der Waals surface area contributed by atoms with Crippen LogP contribution in [0.1, 0.15) is 28.6 Å². The second-order valence-electron chi connectivity index (χ2n) is 9.26. The van der Waals surface area contributed by atoms with Crippen molar-refractivity contribution >= 4 is 35.1 Å². The zero-order valence-electron chi connectivity index (χ0n) is 21.7. The molecule has 0 fully saturated rings. The Balaban J connectivity index is 1.49. The van der Waals surface area contributed by atoms with Gasteiger partial charge in [-0.05, 0) is 48.4 Å². The first-order chi connectivity index (χ1) is 19.5. The maximum absolute atomic E-state index is 13.6. The molecule has 0 unspecified atom stereocenters. The van der Waals surface area contributed by atoms with Gasteiger partial charge in [0.05, 0.1) is 11.1 Å². The van der Waals surface area contributed by atoms with E-state index in [1.807, 2.05) is 84.3 Å². The summed E-state index contributed by atoms with van der Waals surface area (Å²) in [5.74, 6) is 0.754. The lowest BCUT2D eigenvalue weighted by Gasteiger charge is -2.21. The number of amides is 2. The van der Waals surface area contributed by atoms with Gasteiger partial charge in [-0.1, -0.05) is 102 Å². The molecule has 5 aromatic rings. The zero-order chi connectivity index (χ0) is 27.9. The van der Waals surface area contributed by atoms with Crippen molar-refractivity contribution in [3.05, 3.63) is 136 Å². The summed E-state index contributed by atoms with van der Waals surface area (Å²) in [4.78, 5) is 13.2. The van der Waals surface area contributed by atoms with Gasteiger partial charge in [0.15, 0.2) is 11.0 Å². The summed E-state index contributed by atoms with van der Waals surface area (Å²) in [5.41, 5.74) is 4.60. The predicted molar refractivity (Wildman–Crippen MR) is 159 cm³/mol. The molecule has 0 radical (unpaired) electrons. The minimum absolute atomic E-state index is 0.0715. The lowest BCUT2D eigenvalue weighted by molar-refractivity contribution is 0.247. The van der Waals surface area contributed by atoms with E-state index in [1.54, 1.807) is 11.8 Å². The Morgan fingerprint density at radius 2 is 1.60 bits per heavy atom. The number of hydrogen-bond donors (Lipinski definition) is 2. The topological polar surface area (TPSA) is 71.8 Å². The van der Waals surface area contributed by atoms with E-state index in [4.69, 9.17) is 11.6 Å². The minimum Gasteiger partial charge on any atom is -0.327 e. The van der Waals surface area contributed by atoms with Gasteiger partial charge >= 0.3 is 6.03 Å². The number of rotatable bonds is 9. The maximum atomic E-state index is 13.6. The average molecular weight is 572 g/mol. The molecule has 5 rings (SSSR count). The molecular formula is C31H27ClFN5OS. The Hall–Kier alpha value is -4.14. The third kappa shape index (κ3) is 6.89. The Morgan fingerprint density at radius 3 is 2.27 bits per heavy atom. The van der Waals surface area contributed by atoms with Crippen molar-refractivity contribution in [3.8, 4) is 5.69 Å². The summed E-state index contributed by atoms with van der Waals surface area (Å²) < 4.78 is 15.6. The zero-order valence-corrected chi connectivity index (χ0v) is 23.3. The number of carbonyl (C=O) groups is 1. The van der Waals surface area contributed by atoms with Crippen LogP contribution >= 0.6 is 23.4 Å². The number of carbonyl (C=O) groups excluding carboxylic acids is 1. The number of benzene rings is 4. The first kappa shape index (κ1) is 27.4. The summed E-state index contributed by atoms with van der Waals surface area (Å²) >= 11 is 7.49. The normalized spacial score (nSPS) is 11.7. The van der Waals surface area contributed by atoms with Crippen LogP contribution in [-0.4, -0.2) is 20.8 Å². The number of nitrogens with one attached hydrogen (secondary N) is 2. The lowest BCUT2D eigenvalue weighted by atomic mass is 10.1. The predicted octanol–water partition coefficient (Wildman–Crippen LogP) is 7.77. The van der Waals surface area contributed by atoms with Gasteiger partial charge in [-0.2, -0.15) is 0 Å². The number of halogens is 2. The highest BCUT2D eigenvalue weighted by molar-refractivity contribution is 7.98. The molecule has 0 aliphatic rings. The number of nitrogens with zero attached hydrogens (tertiary/aromatic N) is 3. The molecule has 202 valence electrons. The number of anilines is 1. The highest BCUT2D eigenvalue weighted by atomic mass is 35.5. The Morgan fingerprint density at radius 1 is 0.925 bits per heavy atom. The second kappa shape index (κ2) is 12.8. The summed E-state index contributed by atoms with van der Waals surface area (Å²) in [7, 11) is 0. The van der Waals surface area contributed by atoms with E-state index in [2.05, 4.69) is 33.0 Å². The van der Waals surface area contributed by atoms with Crippen molar-refractivity contribution in [2.45, 2.75) is 30.3 Å². The number of aromatic nitrogens is 3. The largest absolute Gasteiger partial charge is 0.327 e. The molecule has 1 aromatic heterocycles. The highest BCUT2D eigenvalue weighted by Gasteiger charge is 2.25.